The number of alkyl halides is 1. The first-order valence-corrected chi connectivity index (χ1v) is 9.74. The number of carbonyl (C=O) groups excluding carboxylic acids is 1. The number of hydrogen-bond acceptors (Lipinski definition) is 5. The van der Waals surface area contributed by atoms with Crippen molar-refractivity contribution in [2.75, 3.05) is 39.5 Å². The number of nitrogens with one attached hydrogen (secondary N) is 1. The van der Waals surface area contributed by atoms with Crippen molar-refractivity contribution in [3.63, 3.8) is 0 Å². The molecule has 6 N–H and O–H groups in total. The number of phenolic OH excluding ortho intramolecular Hbond substituents is 1. The Kier molecular flexibility index (Phi) is 6.47. The highest BCUT2D eigenvalue weighted by Crippen LogP contribution is 2.33. The van der Waals surface area contributed by atoms with Crippen LogP contribution in [0.1, 0.15) is 22.7 Å². The van der Waals surface area contributed by atoms with E-state index in [2.05, 4.69) is 4.98 Å². The summed E-state index contributed by atoms with van der Waals surface area (Å²) in [5.41, 5.74) is 14.2. The normalized spacial score (nSPS) is 19.9. The fourth-order valence-electron chi connectivity index (χ4n) is 3.50. The molecule has 1 amide bonds. The summed E-state index contributed by atoms with van der Waals surface area (Å²) in [7, 11) is 3.82. The van der Waals surface area contributed by atoms with E-state index in [0.29, 0.717) is 34.9 Å². The predicted octanol–water partition coefficient (Wildman–Crippen LogP) is 2.14. The Morgan fingerprint density at radius 2 is 2.10 bits per heavy atom. The smallest absolute Gasteiger partial charge is 0.246 e. The SMILES string of the molecule is CN(C)C/C=C/C(=O)N1CC(F)C(c2cc(/C=C(\N)c3ccccc3O)c(N)[nH]2)C1. The van der Waals surface area contributed by atoms with E-state index in [9.17, 15) is 14.3 Å². The monoisotopic (exact) mass is 413 g/mol. The van der Waals surface area contributed by atoms with Gasteiger partial charge in [0.15, 0.2) is 0 Å². The average Bonchev–Trinajstić information content (AvgIpc) is 3.24. The Morgan fingerprint density at radius 3 is 2.80 bits per heavy atom. The minimum Gasteiger partial charge on any atom is -0.507 e. The van der Waals surface area contributed by atoms with Crippen LogP contribution in [0.5, 0.6) is 5.75 Å². The number of halogens is 1. The van der Waals surface area contributed by atoms with Gasteiger partial charge >= 0.3 is 0 Å². The van der Waals surface area contributed by atoms with Crippen molar-refractivity contribution in [1.29, 1.82) is 0 Å². The second kappa shape index (κ2) is 9.04. The summed E-state index contributed by atoms with van der Waals surface area (Å²) in [6.07, 6.45) is 3.69. The lowest BCUT2D eigenvalue weighted by molar-refractivity contribution is -0.125. The Hall–Kier alpha value is -3.26. The number of nitrogen functional groups attached to an aromatic ring is 1. The van der Waals surface area contributed by atoms with Crippen molar-refractivity contribution in [2.45, 2.75) is 12.1 Å². The van der Waals surface area contributed by atoms with Crippen molar-refractivity contribution in [3.8, 4) is 5.75 Å². The number of likely N-dealkylation sites (tertiary alicyclic amines) is 1. The van der Waals surface area contributed by atoms with E-state index in [4.69, 9.17) is 11.5 Å². The second-order valence-electron chi connectivity index (χ2n) is 7.74. The molecule has 1 aliphatic heterocycles. The quantitative estimate of drug-likeness (QED) is 0.542. The van der Waals surface area contributed by atoms with Crippen molar-refractivity contribution in [2.24, 2.45) is 5.73 Å². The van der Waals surface area contributed by atoms with Crippen LogP contribution in [0, 0.1) is 0 Å². The summed E-state index contributed by atoms with van der Waals surface area (Å²) in [5.74, 6) is -0.277. The first-order chi connectivity index (χ1) is 14.3. The first-order valence-electron chi connectivity index (χ1n) is 9.74. The maximum Gasteiger partial charge on any atom is 0.246 e. The minimum atomic E-state index is -1.19. The molecule has 2 atom stereocenters. The molecule has 160 valence electrons. The molecular formula is C22H28FN5O2. The van der Waals surface area contributed by atoms with Gasteiger partial charge < -0.3 is 31.4 Å². The molecule has 3 rings (SSSR count). The number of carbonyl (C=O) groups is 1. The number of H-pyrrole nitrogens is 1. The highest BCUT2D eigenvalue weighted by molar-refractivity contribution is 5.88. The Bertz CT molecular complexity index is 966. The number of aromatic hydroxyl groups is 1. The van der Waals surface area contributed by atoms with Gasteiger partial charge in [0.2, 0.25) is 5.91 Å². The van der Waals surface area contributed by atoms with Gasteiger partial charge in [0.1, 0.15) is 17.7 Å². The molecule has 7 nitrogen and oxygen atoms in total. The molecule has 1 aromatic heterocycles. The molecule has 2 unspecified atom stereocenters. The molecule has 1 aliphatic rings. The third-order valence-electron chi connectivity index (χ3n) is 5.12. The van der Waals surface area contributed by atoms with E-state index in [1.54, 1.807) is 42.5 Å². The van der Waals surface area contributed by atoms with Gasteiger partial charge in [0.25, 0.3) is 0 Å². The van der Waals surface area contributed by atoms with Gasteiger partial charge in [-0.1, -0.05) is 18.2 Å². The lowest BCUT2D eigenvalue weighted by Gasteiger charge is -2.13. The zero-order valence-electron chi connectivity index (χ0n) is 17.2. The molecule has 2 heterocycles. The van der Waals surface area contributed by atoms with Gasteiger partial charge in [-0.25, -0.2) is 4.39 Å². The van der Waals surface area contributed by atoms with Gasteiger partial charge in [-0.2, -0.15) is 0 Å². The third kappa shape index (κ3) is 4.83. The summed E-state index contributed by atoms with van der Waals surface area (Å²) < 4.78 is 14.7. The number of phenols is 1. The largest absolute Gasteiger partial charge is 0.507 e. The highest BCUT2D eigenvalue weighted by atomic mass is 19.1. The number of amides is 1. The number of hydrogen-bond donors (Lipinski definition) is 4. The predicted molar refractivity (Wildman–Crippen MR) is 117 cm³/mol. The molecule has 1 aromatic carbocycles. The fraction of sp³-hybridized carbons (Fsp3) is 0.318. The number of para-hydroxylation sites is 1. The summed E-state index contributed by atoms with van der Waals surface area (Å²) >= 11 is 0. The molecule has 30 heavy (non-hydrogen) atoms. The Morgan fingerprint density at radius 1 is 1.37 bits per heavy atom. The average molecular weight is 413 g/mol. The van der Waals surface area contributed by atoms with Crippen LogP contribution in [0.4, 0.5) is 10.2 Å². The van der Waals surface area contributed by atoms with Crippen molar-refractivity contribution < 1.29 is 14.3 Å². The van der Waals surface area contributed by atoms with Crippen LogP contribution in [0.3, 0.4) is 0 Å². The summed E-state index contributed by atoms with van der Waals surface area (Å²) in [6, 6.07) is 8.47. The molecular weight excluding hydrogens is 385 g/mol. The van der Waals surface area contributed by atoms with Gasteiger partial charge in [-0.05, 0) is 38.4 Å². The number of benzene rings is 1. The summed E-state index contributed by atoms with van der Waals surface area (Å²) in [4.78, 5) is 18.8. The number of aromatic nitrogens is 1. The van der Waals surface area contributed by atoms with Crippen molar-refractivity contribution in [3.05, 3.63) is 59.3 Å². The van der Waals surface area contributed by atoms with Crippen LogP contribution < -0.4 is 11.5 Å². The first kappa shape index (κ1) is 21.4. The topological polar surface area (TPSA) is 112 Å². The molecule has 0 radical (unpaired) electrons. The van der Waals surface area contributed by atoms with E-state index in [1.165, 1.54) is 11.0 Å². The molecule has 0 aliphatic carbocycles. The van der Waals surface area contributed by atoms with Gasteiger partial charge in [0, 0.05) is 47.6 Å². The molecule has 0 spiro atoms. The molecule has 1 saturated heterocycles. The summed E-state index contributed by atoms with van der Waals surface area (Å²) in [5, 5.41) is 9.96. The van der Waals surface area contributed by atoms with Crippen LogP contribution in [-0.4, -0.2) is 65.7 Å². The number of nitrogens with two attached hydrogens (primary N) is 2. The Balaban J connectivity index is 1.75. The zero-order chi connectivity index (χ0) is 21.8. The van der Waals surface area contributed by atoms with Gasteiger partial charge in [-0.15, -0.1) is 0 Å². The van der Waals surface area contributed by atoms with Gasteiger partial charge in [0.05, 0.1) is 6.54 Å². The maximum atomic E-state index is 14.7. The van der Waals surface area contributed by atoms with Crippen LogP contribution in [0.2, 0.25) is 0 Å². The minimum absolute atomic E-state index is 0.0416. The van der Waals surface area contributed by atoms with Crippen LogP contribution in [0.25, 0.3) is 11.8 Å². The molecule has 2 aromatic rings. The molecule has 1 fully saturated rings. The number of anilines is 1. The number of likely N-dealkylation sites (N-methyl/N-ethyl adjacent to an activating group) is 1. The van der Waals surface area contributed by atoms with Gasteiger partial charge in [-0.3, -0.25) is 4.79 Å². The van der Waals surface area contributed by atoms with Crippen molar-refractivity contribution >= 4 is 23.5 Å². The number of aromatic amines is 1. The van der Waals surface area contributed by atoms with E-state index in [0.717, 1.165) is 0 Å². The Labute approximate surface area is 175 Å². The molecule has 0 saturated carbocycles. The zero-order valence-corrected chi connectivity index (χ0v) is 17.2. The summed E-state index contributed by atoms with van der Waals surface area (Å²) in [6.45, 7) is 0.952. The maximum absolute atomic E-state index is 14.7. The van der Waals surface area contributed by atoms with E-state index >= 15 is 0 Å². The molecule has 0 bridgehead atoms. The lowest BCUT2D eigenvalue weighted by Crippen LogP contribution is -2.27. The standard InChI is InChI=1S/C22H28FN5O2/c1-27(2)9-5-8-21(30)28-12-16(17(23)13-28)19-11-14(22(25)26-19)10-18(24)15-6-3-4-7-20(15)29/h3-8,10-11,16-17,26,29H,9,12-13,24-25H2,1-2H3/b8-5+,18-10-. The fourth-order valence-corrected chi connectivity index (χ4v) is 3.50. The third-order valence-corrected chi connectivity index (χ3v) is 5.12. The second-order valence-corrected chi connectivity index (χ2v) is 7.74. The van der Waals surface area contributed by atoms with E-state index < -0.39 is 12.1 Å². The van der Waals surface area contributed by atoms with Crippen LogP contribution >= 0.6 is 0 Å². The molecule has 8 heteroatoms. The van der Waals surface area contributed by atoms with Crippen LogP contribution in [-0.2, 0) is 4.79 Å². The number of rotatable bonds is 6. The number of nitrogens with zero attached hydrogens (tertiary/aromatic N) is 2. The van der Waals surface area contributed by atoms with E-state index in [1.807, 2.05) is 19.0 Å². The van der Waals surface area contributed by atoms with E-state index in [-0.39, 0.29) is 24.7 Å². The lowest BCUT2D eigenvalue weighted by atomic mass is 10.0. The van der Waals surface area contributed by atoms with Crippen LogP contribution in [0.15, 0.2) is 42.5 Å². The highest BCUT2D eigenvalue weighted by Gasteiger charge is 2.36. The van der Waals surface area contributed by atoms with Crippen molar-refractivity contribution in [1.82, 2.24) is 14.8 Å².